The fourth-order valence-electron chi connectivity index (χ4n) is 3.45. The molecule has 1 aliphatic heterocycles. The van der Waals surface area contributed by atoms with Gasteiger partial charge in [0.2, 0.25) is 0 Å². The summed E-state index contributed by atoms with van der Waals surface area (Å²) in [4.78, 5) is 14.5. The summed E-state index contributed by atoms with van der Waals surface area (Å²) in [6.07, 6.45) is 1.61. The molecular weight excluding hydrogens is 417 g/mol. The summed E-state index contributed by atoms with van der Waals surface area (Å²) < 4.78 is 44.9. The molecule has 0 aromatic carbocycles. The lowest BCUT2D eigenvalue weighted by Crippen LogP contribution is -2.44. The van der Waals surface area contributed by atoms with Gasteiger partial charge in [-0.2, -0.15) is 13.2 Å². The predicted octanol–water partition coefficient (Wildman–Crippen LogP) is 4.09. The first-order chi connectivity index (χ1) is 14.4. The van der Waals surface area contributed by atoms with E-state index >= 15 is 0 Å². The Hall–Kier alpha value is -2.82. The average Bonchev–Trinajstić information content (AvgIpc) is 3.28. The molecule has 1 fully saturated rings. The Labute approximate surface area is 175 Å². The standard InChI is InChI=1S/C19H19F3N6OS/c1-12-4-5-13(10-29-15-3-2-6-24-17(15)19(20,21)22)9-28(12)16-8-23-7-14(26-16)18-27-25-11-30-18/h2-3,6-8,11-13H,4-5,9-10H2,1H3. The number of rotatable bonds is 5. The van der Waals surface area contributed by atoms with E-state index in [4.69, 9.17) is 4.74 Å². The molecule has 0 aliphatic carbocycles. The Kier molecular flexibility index (Phi) is 5.80. The van der Waals surface area contributed by atoms with Crippen LogP contribution in [0.25, 0.3) is 10.7 Å². The molecule has 3 aromatic heterocycles. The highest BCUT2D eigenvalue weighted by molar-refractivity contribution is 7.12. The second-order valence-corrected chi connectivity index (χ2v) is 7.94. The molecule has 4 rings (SSSR count). The van der Waals surface area contributed by atoms with Crippen molar-refractivity contribution >= 4 is 17.2 Å². The second-order valence-electron chi connectivity index (χ2n) is 7.11. The quantitative estimate of drug-likeness (QED) is 0.596. The Morgan fingerprint density at radius 1 is 1.27 bits per heavy atom. The highest BCUT2D eigenvalue weighted by Crippen LogP contribution is 2.35. The van der Waals surface area contributed by atoms with Crippen molar-refractivity contribution in [2.24, 2.45) is 5.92 Å². The molecule has 0 saturated carbocycles. The van der Waals surface area contributed by atoms with Crippen molar-refractivity contribution in [2.45, 2.75) is 32.0 Å². The fraction of sp³-hybridized carbons (Fsp3) is 0.421. The van der Waals surface area contributed by atoms with E-state index in [0.29, 0.717) is 23.1 Å². The molecule has 1 aliphatic rings. The first-order valence-corrected chi connectivity index (χ1v) is 10.3. The molecule has 2 unspecified atom stereocenters. The van der Waals surface area contributed by atoms with Crippen molar-refractivity contribution in [1.29, 1.82) is 0 Å². The lowest BCUT2D eigenvalue weighted by molar-refractivity contribution is -0.142. The molecule has 0 spiro atoms. The molecule has 0 radical (unpaired) electrons. The molecule has 3 aromatic rings. The van der Waals surface area contributed by atoms with E-state index in [0.717, 1.165) is 19.0 Å². The Bertz CT molecular complexity index is 984. The van der Waals surface area contributed by atoms with Crippen LogP contribution in [0, 0.1) is 5.92 Å². The minimum Gasteiger partial charge on any atom is -0.491 e. The smallest absolute Gasteiger partial charge is 0.437 e. The van der Waals surface area contributed by atoms with Gasteiger partial charge < -0.3 is 9.64 Å². The fourth-order valence-corrected chi connectivity index (χ4v) is 3.95. The molecule has 0 amide bonds. The van der Waals surface area contributed by atoms with E-state index < -0.39 is 11.9 Å². The maximum Gasteiger partial charge on any atom is 0.437 e. The van der Waals surface area contributed by atoms with Gasteiger partial charge in [-0.25, -0.2) is 9.97 Å². The number of halogens is 3. The van der Waals surface area contributed by atoms with Gasteiger partial charge in [0.15, 0.2) is 10.7 Å². The van der Waals surface area contributed by atoms with Crippen molar-refractivity contribution in [3.63, 3.8) is 0 Å². The normalized spacial score (nSPS) is 19.7. The summed E-state index contributed by atoms with van der Waals surface area (Å²) in [5.41, 5.74) is 1.28. The Balaban J connectivity index is 1.47. The summed E-state index contributed by atoms with van der Waals surface area (Å²) >= 11 is 1.38. The number of piperidine rings is 1. The Morgan fingerprint density at radius 3 is 2.90 bits per heavy atom. The van der Waals surface area contributed by atoms with E-state index in [1.165, 1.54) is 23.5 Å². The third-order valence-corrected chi connectivity index (χ3v) is 5.70. The molecule has 2 atom stereocenters. The van der Waals surface area contributed by atoms with Crippen LogP contribution >= 0.6 is 11.3 Å². The van der Waals surface area contributed by atoms with Crippen LogP contribution in [-0.2, 0) is 6.18 Å². The molecule has 1 saturated heterocycles. The van der Waals surface area contributed by atoms with Gasteiger partial charge >= 0.3 is 6.18 Å². The van der Waals surface area contributed by atoms with E-state index in [2.05, 4.69) is 37.0 Å². The minimum absolute atomic E-state index is 0.0504. The van der Waals surface area contributed by atoms with Crippen LogP contribution in [0.15, 0.2) is 36.2 Å². The van der Waals surface area contributed by atoms with Crippen molar-refractivity contribution in [3.05, 3.63) is 41.9 Å². The van der Waals surface area contributed by atoms with Gasteiger partial charge in [-0.3, -0.25) is 4.98 Å². The van der Waals surface area contributed by atoms with Crippen molar-refractivity contribution in [1.82, 2.24) is 25.1 Å². The van der Waals surface area contributed by atoms with Gasteiger partial charge in [-0.1, -0.05) is 11.3 Å². The van der Waals surface area contributed by atoms with Crippen LogP contribution < -0.4 is 9.64 Å². The highest BCUT2D eigenvalue weighted by atomic mass is 32.1. The third kappa shape index (κ3) is 4.50. The number of alkyl halides is 3. The van der Waals surface area contributed by atoms with Crippen LogP contribution in [0.5, 0.6) is 5.75 Å². The summed E-state index contributed by atoms with van der Waals surface area (Å²) in [6.45, 7) is 2.87. The van der Waals surface area contributed by atoms with E-state index in [9.17, 15) is 13.2 Å². The van der Waals surface area contributed by atoms with Gasteiger partial charge in [-0.15, -0.1) is 10.2 Å². The van der Waals surface area contributed by atoms with Gasteiger partial charge in [-0.05, 0) is 31.9 Å². The summed E-state index contributed by atoms with van der Waals surface area (Å²) in [7, 11) is 0. The largest absolute Gasteiger partial charge is 0.491 e. The first kappa shape index (κ1) is 20.5. The number of hydrogen-bond donors (Lipinski definition) is 0. The van der Waals surface area contributed by atoms with Gasteiger partial charge in [0, 0.05) is 24.7 Å². The van der Waals surface area contributed by atoms with Crippen LogP contribution in [0.2, 0.25) is 0 Å². The second kappa shape index (κ2) is 8.50. The minimum atomic E-state index is -4.55. The monoisotopic (exact) mass is 436 g/mol. The summed E-state index contributed by atoms with van der Waals surface area (Å²) in [5.74, 6) is 0.514. The zero-order chi connectivity index (χ0) is 21.1. The van der Waals surface area contributed by atoms with E-state index in [1.807, 2.05) is 0 Å². The van der Waals surface area contributed by atoms with Crippen LogP contribution in [0.4, 0.5) is 19.0 Å². The topological polar surface area (TPSA) is 76.9 Å². The van der Waals surface area contributed by atoms with Crippen LogP contribution in [-0.4, -0.2) is 44.3 Å². The molecule has 0 bridgehead atoms. The number of pyridine rings is 1. The van der Waals surface area contributed by atoms with Gasteiger partial charge in [0.05, 0.1) is 19.0 Å². The molecule has 7 nitrogen and oxygen atoms in total. The van der Waals surface area contributed by atoms with Gasteiger partial charge in [0.25, 0.3) is 0 Å². The van der Waals surface area contributed by atoms with Crippen LogP contribution in [0.1, 0.15) is 25.5 Å². The number of anilines is 1. The van der Waals surface area contributed by atoms with Crippen molar-refractivity contribution in [3.8, 4) is 16.5 Å². The van der Waals surface area contributed by atoms with Gasteiger partial charge in [0.1, 0.15) is 22.8 Å². The summed E-state index contributed by atoms with van der Waals surface area (Å²) in [5, 5.41) is 8.54. The lowest BCUT2D eigenvalue weighted by Gasteiger charge is -2.38. The molecular formula is C19H19F3N6OS. The average molecular weight is 436 g/mol. The molecule has 158 valence electrons. The number of aromatic nitrogens is 5. The maximum absolute atomic E-state index is 13.1. The zero-order valence-electron chi connectivity index (χ0n) is 16.1. The molecule has 11 heteroatoms. The molecule has 30 heavy (non-hydrogen) atoms. The zero-order valence-corrected chi connectivity index (χ0v) is 16.9. The lowest BCUT2D eigenvalue weighted by atomic mass is 9.94. The molecule has 4 heterocycles. The SMILES string of the molecule is CC1CCC(COc2cccnc2C(F)(F)F)CN1c1cncc(-c2nncs2)n1. The number of nitrogens with zero attached hydrogens (tertiary/aromatic N) is 6. The molecule has 0 N–H and O–H groups in total. The number of hydrogen-bond acceptors (Lipinski definition) is 8. The number of ether oxygens (including phenoxy) is 1. The predicted molar refractivity (Wildman–Crippen MR) is 105 cm³/mol. The summed E-state index contributed by atoms with van der Waals surface area (Å²) in [6, 6.07) is 2.97. The van der Waals surface area contributed by atoms with Crippen molar-refractivity contribution < 1.29 is 17.9 Å². The van der Waals surface area contributed by atoms with Crippen molar-refractivity contribution in [2.75, 3.05) is 18.1 Å². The maximum atomic E-state index is 13.1. The van der Waals surface area contributed by atoms with E-state index in [-0.39, 0.29) is 24.3 Å². The Morgan fingerprint density at radius 2 is 2.13 bits per heavy atom. The third-order valence-electron chi connectivity index (χ3n) is 4.99. The van der Waals surface area contributed by atoms with E-state index in [1.54, 1.807) is 17.9 Å². The first-order valence-electron chi connectivity index (χ1n) is 9.42. The highest BCUT2D eigenvalue weighted by Gasteiger charge is 2.36. The van der Waals surface area contributed by atoms with Crippen LogP contribution in [0.3, 0.4) is 0 Å².